The van der Waals surface area contributed by atoms with Crippen LogP contribution in [0, 0.1) is 0 Å². The molecule has 0 spiro atoms. The predicted molar refractivity (Wildman–Crippen MR) is 92.2 cm³/mol. The third-order valence-corrected chi connectivity index (χ3v) is 4.68. The van der Waals surface area contributed by atoms with E-state index in [0.29, 0.717) is 13.1 Å². The van der Waals surface area contributed by atoms with Crippen LogP contribution in [-0.4, -0.2) is 37.0 Å². The van der Waals surface area contributed by atoms with Gasteiger partial charge < -0.3 is 21.3 Å². The SMILES string of the molecule is O=C(NCc1cccc(CNC(=O)[C@@H]2CCCN2)c1)[C@@H]1CCCN1. The number of nitrogens with one attached hydrogen (secondary N) is 4. The lowest BCUT2D eigenvalue weighted by molar-refractivity contribution is -0.123. The first kappa shape index (κ1) is 16.9. The van der Waals surface area contributed by atoms with Gasteiger partial charge in [-0.15, -0.1) is 0 Å². The van der Waals surface area contributed by atoms with Gasteiger partial charge in [-0.25, -0.2) is 0 Å². The number of hydrogen-bond donors (Lipinski definition) is 4. The maximum Gasteiger partial charge on any atom is 0.237 e. The lowest BCUT2D eigenvalue weighted by Crippen LogP contribution is -2.40. The second-order valence-corrected chi connectivity index (χ2v) is 6.55. The van der Waals surface area contributed by atoms with Gasteiger partial charge in [-0.2, -0.15) is 0 Å². The number of benzene rings is 1. The van der Waals surface area contributed by atoms with Crippen LogP contribution in [-0.2, 0) is 22.7 Å². The van der Waals surface area contributed by atoms with Crippen LogP contribution >= 0.6 is 0 Å². The zero-order valence-corrected chi connectivity index (χ0v) is 13.9. The van der Waals surface area contributed by atoms with Gasteiger partial charge in [0, 0.05) is 13.1 Å². The minimum Gasteiger partial charge on any atom is -0.351 e. The van der Waals surface area contributed by atoms with Gasteiger partial charge in [0.2, 0.25) is 11.8 Å². The Bertz CT molecular complexity index is 531. The van der Waals surface area contributed by atoms with Crippen molar-refractivity contribution in [1.29, 1.82) is 0 Å². The van der Waals surface area contributed by atoms with Crippen LogP contribution in [0.25, 0.3) is 0 Å². The number of carbonyl (C=O) groups is 2. The molecule has 2 aliphatic heterocycles. The van der Waals surface area contributed by atoms with Crippen LogP contribution < -0.4 is 21.3 Å². The van der Waals surface area contributed by atoms with Crippen LogP contribution in [0.2, 0.25) is 0 Å². The third kappa shape index (κ3) is 4.55. The Hall–Kier alpha value is -1.92. The van der Waals surface area contributed by atoms with Gasteiger partial charge in [-0.05, 0) is 49.9 Å². The van der Waals surface area contributed by atoms with E-state index in [9.17, 15) is 9.59 Å². The summed E-state index contributed by atoms with van der Waals surface area (Å²) < 4.78 is 0. The van der Waals surface area contributed by atoms with E-state index in [4.69, 9.17) is 0 Å². The first-order chi connectivity index (χ1) is 11.7. The molecule has 6 heteroatoms. The molecule has 2 amide bonds. The van der Waals surface area contributed by atoms with E-state index in [1.807, 2.05) is 24.3 Å². The molecule has 2 saturated heterocycles. The van der Waals surface area contributed by atoms with Gasteiger partial charge in [0.25, 0.3) is 0 Å². The number of carbonyl (C=O) groups excluding carboxylic acids is 2. The molecule has 1 aromatic rings. The lowest BCUT2D eigenvalue weighted by Gasteiger charge is -2.13. The fraction of sp³-hybridized carbons (Fsp3) is 0.556. The van der Waals surface area contributed by atoms with Crippen molar-refractivity contribution >= 4 is 11.8 Å². The van der Waals surface area contributed by atoms with Crippen LogP contribution in [0.15, 0.2) is 24.3 Å². The van der Waals surface area contributed by atoms with E-state index >= 15 is 0 Å². The normalized spacial score (nSPS) is 23.2. The Morgan fingerprint density at radius 1 is 0.917 bits per heavy atom. The third-order valence-electron chi connectivity index (χ3n) is 4.68. The first-order valence-corrected chi connectivity index (χ1v) is 8.82. The zero-order chi connectivity index (χ0) is 16.8. The predicted octanol–water partition coefficient (Wildman–Crippen LogP) is 0.423. The van der Waals surface area contributed by atoms with E-state index in [1.54, 1.807) is 0 Å². The summed E-state index contributed by atoms with van der Waals surface area (Å²) in [5.41, 5.74) is 2.10. The van der Waals surface area contributed by atoms with Crippen molar-refractivity contribution in [2.24, 2.45) is 0 Å². The molecule has 3 rings (SSSR count). The number of rotatable bonds is 6. The van der Waals surface area contributed by atoms with Gasteiger partial charge >= 0.3 is 0 Å². The quantitative estimate of drug-likeness (QED) is 0.609. The molecule has 0 unspecified atom stereocenters. The highest BCUT2D eigenvalue weighted by Crippen LogP contribution is 2.09. The van der Waals surface area contributed by atoms with Crippen LogP contribution in [0.4, 0.5) is 0 Å². The molecular weight excluding hydrogens is 304 g/mol. The summed E-state index contributed by atoms with van der Waals surface area (Å²) in [6.45, 7) is 2.87. The van der Waals surface area contributed by atoms with Gasteiger partial charge in [0.1, 0.15) is 0 Å². The summed E-state index contributed by atoms with van der Waals surface area (Å²) in [7, 11) is 0. The molecule has 6 nitrogen and oxygen atoms in total. The molecule has 1 aromatic carbocycles. The highest BCUT2D eigenvalue weighted by molar-refractivity contribution is 5.82. The van der Waals surface area contributed by atoms with Crippen molar-refractivity contribution in [3.8, 4) is 0 Å². The summed E-state index contributed by atoms with van der Waals surface area (Å²) in [5, 5.41) is 12.4. The van der Waals surface area contributed by atoms with Crippen molar-refractivity contribution in [2.75, 3.05) is 13.1 Å². The molecule has 2 fully saturated rings. The maximum absolute atomic E-state index is 12.0. The van der Waals surface area contributed by atoms with Gasteiger partial charge in [-0.1, -0.05) is 24.3 Å². The van der Waals surface area contributed by atoms with E-state index in [-0.39, 0.29) is 23.9 Å². The highest BCUT2D eigenvalue weighted by Gasteiger charge is 2.22. The first-order valence-electron chi connectivity index (χ1n) is 8.82. The van der Waals surface area contributed by atoms with Gasteiger partial charge in [0.05, 0.1) is 12.1 Å². The molecule has 2 aliphatic rings. The second kappa shape index (κ2) is 8.26. The van der Waals surface area contributed by atoms with Gasteiger partial charge in [-0.3, -0.25) is 9.59 Å². The average molecular weight is 330 g/mol. The smallest absolute Gasteiger partial charge is 0.237 e. The van der Waals surface area contributed by atoms with Gasteiger partial charge in [0.15, 0.2) is 0 Å². The van der Waals surface area contributed by atoms with Crippen LogP contribution in [0.1, 0.15) is 36.8 Å². The topological polar surface area (TPSA) is 82.3 Å². The van der Waals surface area contributed by atoms with Crippen LogP contribution in [0.5, 0.6) is 0 Å². The minimum atomic E-state index is -0.0496. The molecular formula is C18H26N4O2. The molecule has 0 bridgehead atoms. The Labute approximate surface area is 142 Å². The molecule has 0 saturated carbocycles. The number of hydrogen-bond acceptors (Lipinski definition) is 4. The zero-order valence-electron chi connectivity index (χ0n) is 13.9. The van der Waals surface area contributed by atoms with E-state index in [2.05, 4.69) is 21.3 Å². The molecule has 2 atom stereocenters. The monoisotopic (exact) mass is 330 g/mol. The fourth-order valence-corrected chi connectivity index (χ4v) is 3.29. The van der Waals surface area contributed by atoms with Crippen LogP contribution in [0.3, 0.4) is 0 Å². The summed E-state index contributed by atoms with van der Waals surface area (Å²) in [5.74, 6) is 0.136. The standard InChI is InChI=1S/C18H26N4O2/c23-17(15-6-2-8-19-15)21-11-13-4-1-5-14(10-13)12-22-18(24)16-7-3-9-20-16/h1,4-5,10,15-16,19-20H,2-3,6-9,11-12H2,(H,21,23)(H,22,24)/t15-,16-/m0/s1. The lowest BCUT2D eigenvalue weighted by atomic mass is 10.1. The average Bonchev–Trinajstić information content (AvgIpc) is 3.31. The highest BCUT2D eigenvalue weighted by atomic mass is 16.2. The van der Waals surface area contributed by atoms with Crippen molar-refractivity contribution in [3.63, 3.8) is 0 Å². The number of amides is 2. The van der Waals surface area contributed by atoms with Crippen molar-refractivity contribution in [3.05, 3.63) is 35.4 Å². The largest absolute Gasteiger partial charge is 0.351 e. The van der Waals surface area contributed by atoms with E-state index in [1.165, 1.54) is 0 Å². The Morgan fingerprint density at radius 3 is 1.83 bits per heavy atom. The van der Waals surface area contributed by atoms with Crippen molar-refractivity contribution in [2.45, 2.75) is 50.9 Å². The second-order valence-electron chi connectivity index (χ2n) is 6.55. The molecule has 0 aliphatic carbocycles. The molecule has 0 aromatic heterocycles. The Kier molecular flexibility index (Phi) is 5.82. The summed E-state index contributed by atoms with van der Waals surface area (Å²) in [4.78, 5) is 24.1. The molecule has 130 valence electrons. The maximum atomic E-state index is 12.0. The molecule has 0 radical (unpaired) electrons. The van der Waals surface area contributed by atoms with E-state index < -0.39 is 0 Å². The Morgan fingerprint density at radius 2 is 1.42 bits per heavy atom. The van der Waals surface area contributed by atoms with E-state index in [0.717, 1.165) is 49.9 Å². The molecule has 4 N–H and O–H groups in total. The minimum absolute atomic E-state index is 0.0496. The van der Waals surface area contributed by atoms with Crippen molar-refractivity contribution in [1.82, 2.24) is 21.3 Å². The molecule has 24 heavy (non-hydrogen) atoms. The fourth-order valence-electron chi connectivity index (χ4n) is 3.29. The van der Waals surface area contributed by atoms with Crippen molar-refractivity contribution < 1.29 is 9.59 Å². The Balaban J connectivity index is 1.46. The molecule has 2 heterocycles. The summed E-state index contributed by atoms with van der Waals surface area (Å²) in [6.07, 6.45) is 3.94. The summed E-state index contributed by atoms with van der Waals surface area (Å²) >= 11 is 0. The summed E-state index contributed by atoms with van der Waals surface area (Å²) in [6, 6.07) is 7.88.